The van der Waals surface area contributed by atoms with Crippen molar-refractivity contribution in [3.05, 3.63) is 29.8 Å². The number of hydrogen-bond acceptors (Lipinski definition) is 15. The zero-order chi connectivity index (χ0) is 50.0. The second kappa shape index (κ2) is 23.4. The Labute approximate surface area is 394 Å². The lowest BCUT2D eigenvalue weighted by atomic mass is 9.85. The van der Waals surface area contributed by atoms with Gasteiger partial charge in [0.25, 0.3) is 0 Å². The Morgan fingerprint density at radius 3 is 2.18 bits per heavy atom. The van der Waals surface area contributed by atoms with Crippen molar-refractivity contribution in [1.82, 2.24) is 41.8 Å². The van der Waals surface area contributed by atoms with Crippen LogP contribution in [0.25, 0.3) is 10.9 Å². The molecule has 3 aliphatic rings. The minimum Gasteiger partial charge on any atom is -0.481 e. The molecule has 370 valence electrons. The van der Waals surface area contributed by atoms with Crippen molar-refractivity contribution in [2.75, 3.05) is 32.0 Å². The molecule has 10 atom stereocenters. The van der Waals surface area contributed by atoms with Crippen molar-refractivity contribution in [1.29, 1.82) is 0 Å². The second-order valence-corrected chi connectivity index (χ2v) is 18.2. The molecule has 6 unspecified atom stereocenters. The van der Waals surface area contributed by atoms with Crippen LogP contribution in [0.1, 0.15) is 65.9 Å². The van der Waals surface area contributed by atoms with E-state index in [4.69, 9.17) is 9.47 Å². The molecule has 1 aromatic carbocycles. The lowest BCUT2D eigenvalue weighted by Crippen LogP contribution is -2.60. The first-order chi connectivity index (χ1) is 32.2. The SMILES string of the molecule is CC[C@H](C)[C@@H]1NC(=O)CNC(=O)C2CC(=O)[C@H](C(C)C(COC(C)=O)OC(C)=O)NC(=O)[C@@H]3CC(O)CN3C(=O)C(CC(=O)O)NC(=O)C(CSc3[nH]c4ccccc4c3C2)NC(=O)CNC1=O. The molecule has 1 aromatic heterocycles. The lowest BCUT2D eigenvalue weighted by Gasteiger charge is -2.33. The van der Waals surface area contributed by atoms with Crippen molar-refractivity contribution in [2.24, 2.45) is 17.8 Å². The van der Waals surface area contributed by atoms with Crippen LogP contribution in [0, 0.1) is 17.8 Å². The van der Waals surface area contributed by atoms with E-state index in [1.165, 1.54) is 6.92 Å². The number of hydrogen-bond donors (Lipinski definition) is 9. The monoisotopic (exact) mass is 970 g/mol. The predicted octanol–water partition coefficient (Wildman–Crippen LogP) is -1.81. The molecule has 23 nitrogen and oxygen atoms in total. The van der Waals surface area contributed by atoms with Crippen molar-refractivity contribution >= 4 is 87.7 Å². The van der Waals surface area contributed by atoms with Gasteiger partial charge < -0.3 is 61.5 Å². The summed E-state index contributed by atoms with van der Waals surface area (Å²) in [6, 6.07) is -0.891. The fraction of sp³-hybridized carbons (Fsp3) is 0.568. The van der Waals surface area contributed by atoms with E-state index in [-0.39, 0.29) is 12.2 Å². The summed E-state index contributed by atoms with van der Waals surface area (Å²) in [5.41, 5.74) is 1.04. The number of aliphatic hydroxyl groups excluding tert-OH is 1. The summed E-state index contributed by atoms with van der Waals surface area (Å²) in [6.45, 7) is 4.62. The molecule has 1 fully saturated rings. The zero-order valence-electron chi connectivity index (χ0n) is 38.2. The van der Waals surface area contributed by atoms with Gasteiger partial charge >= 0.3 is 17.9 Å². The number of aliphatic hydroxyl groups is 1. The second-order valence-electron chi connectivity index (χ2n) is 17.2. The molecule has 0 aliphatic carbocycles. The van der Waals surface area contributed by atoms with Gasteiger partial charge in [0.05, 0.1) is 36.7 Å². The topological polar surface area (TPSA) is 338 Å². The molecule has 2 aromatic rings. The first kappa shape index (κ1) is 52.4. The molecule has 9 N–H and O–H groups in total. The van der Waals surface area contributed by atoms with Crippen molar-refractivity contribution in [3.63, 3.8) is 0 Å². The van der Waals surface area contributed by atoms with E-state index >= 15 is 0 Å². The third-order valence-electron chi connectivity index (χ3n) is 12.1. The molecule has 3 aliphatic heterocycles. The van der Waals surface area contributed by atoms with Crippen molar-refractivity contribution in [2.45, 2.75) is 114 Å². The highest BCUT2D eigenvalue weighted by Gasteiger charge is 2.45. The fourth-order valence-electron chi connectivity index (χ4n) is 8.31. The van der Waals surface area contributed by atoms with Crippen LogP contribution < -0.4 is 31.9 Å². The number of fused-ring (bicyclic) bond motifs is 5. The van der Waals surface area contributed by atoms with Crippen LogP contribution in [0.15, 0.2) is 29.3 Å². The van der Waals surface area contributed by atoms with E-state index in [2.05, 4.69) is 36.9 Å². The van der Waals surface area contributed by atoms with Gasteiger partial charge in [-0.2, -0.15) is 0 Å². The maximum absolute atomic E-state index is 14.9. The van der Waals surface area contributed by atoms with Gasteiger partial charge in [0.2, 0.25) is 41.4 Å². The number of aromatic amines is 1. The zero-order valence-corrected chi connectivity index (χ0v) is 39.0. The molecule has 0 saturated carbocycles. The van der Waals surface area contributed by atoms with Gasteiger partial charge in [-0.25, -0.2) is 0 Å². The average molecular weight is 971 g/mol. The first-order valence-electron chi connectivity index (χ1n) is 22.2. The van der Waals surface area contributed by atoms with Gasteiger partial charge in [-0.05, 0) is 24.0 Å². The number of aromatic nitrogens is 1. The molecule has 0 radical (unpaired) electrons. The Balaban J connectivity index is 1.72. The number of ketones is 1. The normalized spacial score (nSPS) is 26.3. The number of ether oxygens (including phenoxy) is 2. The smallest absolute Gasteiger partial charge is 0.305 e. The maximum atomic E-state index is 14.9. The number of carbonyl (C=O) groups is 11. The van der Waals surface area contributed by atoms with Crippen LogP contribution in [0.5, 0.6) is 0 Å². The third-order valence-corrected chi connectivity index (χ3v) is 13.3. The molecule has 68 heavy (non-hydrogen) atoms. The van der Waals surface area contributed by atoms with Crippen molar-refractivity contribution in [3.8, 4) is 0 Å². The number of nitrogens with zero attached hydrogens (tertiary/aromatic N) is 1. The molecule has 1 saturated heterocycles. The van der Waals surface area contributed by atoms with Gasteiger partial charge in [-0.1, -0.05) is 45.4 Å². The van der Waals surface area contributed by atoms with Crippen LogP contribution in [-0.4, -0.2) is 160 Å². The average Bonchev–Trinajstić information content (AvgIpc) is 3.85. The molecule has 5 rings (SSSR count). The number of aliphatic carboxylic acids is 1. The summed E-state index contributed by atoms with van der Waals surface area (Å²) in [4.78, 5) is 154. The number of thioether (sulfide) groups is 1. The molecule has 2 bridgehead atoms. The summed E-state index contributed by atoms with van der Waals surface area (Å²) in [7, 11) is 0. The van der Waals surface area contributed by atoms with Gasteiger partial charge in [-0.3, -0.25) is 52.7 Å². The maximum Gasteiger partial charge on any atom is 0.305 e. The number of carboxylic acid groups (broad SMARTS) is 1. The number of H-pyrrole nitrogens is 1. The minimum absolute atomic E-state index is 0.208. The van der Waals surface area contributed by atoms with E-state index in [1.54, 1.807) is 38.1 Å². The van der Waals surface area contributed by atoms with Gasteiger partial charge in [-0.15, -0.1) is 11.8 Å². The van der Waals surface area contributed by atoms with Crippen LogP contribution >= 0.6 is 11.8 Å². The predicted molar refractivity (Wildman–Crippen MR) is 239 cm³/mol. The summed E-state index contributed by atoms with van der Waals surface area (Å²) in [6.07, 6.45) is -4.58. The van der Waals surface area contributed by atoms with Crippen LogP contribution in [0.2, 0.25) is 0 Å². The Kier molecular flexibility index (Phi) is 18.1. The molecule has 0 spiro atoms. The highest BCUT2D eigenvalue weighted by Crippen LogP contribution is 2.34. The Bertz CT molecular complexity index is 2310. The lowest BCUT2D eigenvalue weighted by molar-refractivity contribution is -0.161. The van der Waals surface area contributed by atoms with Crippen LogP contribution in [0.3, 0.4) is 0 Å². The molecular formula is C44H58N8O15S. The Morgan fingerprint density at radius 1 is 0.838 bits per heavy atom. The summed E-state index contributed by atoms with van der Waals surface area (Å²) in [5.74, 6) is -13.6. The number of carbonyl (C=O) groups excluding carboxylic acids is 10. The van der Waals surface area contributed by atoms with Crippen LogP contribution in [0.4, 0.5) is 0 Å². The van der Waals surface area contributed by atoms with Gasteiger partial charge in [0.1, 0.15) is 36.9 Å². The number of amides is 7. The summed E-state index contributed by atoms with van der Waals surface area (Å²) >= 11 is 1.01. The number of para-hydroxylation sites is 1. The molecule has 24 heteroatoms. The Morgan fingerprint density at radius 2 is 1.51 bits per heavy atom. The number of benzene rings is 1. The first-order valence-corrected chi connectivity index (χ1v) is 23.2. The highest BCUT2D eigenvalue weighted by atomic mass is 32.2. The molecular weight excluding hydrogens is 913 g/mol. The van der Waals surface area contributed by atoms with E-state index in [0.717, 1.165) is 30.5 Å². The molecule has 4 heterocycles. The van der Waals surface area contributed by atoms with Gasteiger partial charge in [0, 0.05) is 61.7 Å². The quantitative estimate of drug-likeness (QED) is 0.125. The number of nitrogens with one attached hydrogen (secondary N) is 7. The fourth-order valence-corrected chi connectivity index (χ4v) is 9.43. The number of carboxylic acids is 1. The molecule has 7 amide bonds. The number of Topliss-reactive ketones (excluding diaryl/α,β-unsaturated/α-hetero) is 1. The summed E-state index contributed by atoms with van der Waals surface area (Å²) < 4.78 is 10.6. The van der Waals surface area contributed by atoms with Crippen molar-refractivity contribution < 1.29 is 72.4 Å². The van der Waals surface area contributed by atoms with E-state index in [0.29, 0.717) is 27.9 Å². The third kappa shape index (κ3) is 13.5. The minimum atomic E-state index is -1.87. The highest BCUT2D eigenvalue weighted by molar-refractivity contribution is 7.99. The standard InChI is InChI=1S/C44H58N8O15S/c1-6-20(2)37-42(64)46-15-34(57)47-30-19-68-43-27(26-9-7-8-10-28(26)49-43)11-24(39(61)45-16-35(58)50-37)12-32(56)38(21(3)33(67-23(5)54)18-66-22(4)53)51-41(63)31-13-25(55)17-52(31)44(65)29(14-36(59)60)48-40(30)62/h7-10,20-21,24-25,29-31,33,37-38,49,55H,6,11-19H2,1-5H3,(H,45,61)(H,46,64)(H,47,57)(H,48,62)(H,50,58)(H,51,63)(H,59,60)/t20-,21?,24?,25?,29?,30?,31-,33?,37-,38-/m0/s1. The largest absolute Gasteiger partial charge is 0.481 e. The van der Waals surface area contributed by atoms with E-state index in [9.17, 15) is 63.0 Å². The van der Waals surface area contributed by atoms with E-state index < -0.39 is 171 Å². The summed E-state index contributed by atoms with van der Waals surface area (Å²) in [5, 5.41) is 36.9. The number of esters is 2. The van der Waals surface area contributed by atoms with Crippen LogP contribution in [-0.2, 0) is 68.6 Å². The number of rotatable bonds is 9. The Hall–Kier alpha value is -6.56. The van der Waals surface area contributed by atoms with Gasteiger partial charge in [0.15, 0.2) is 5.78 Å². The van der Waals surface area contributed by atoms with E-state index in [1.807, 2.05) is 0 Å².